The van der Waals surface area contributed by atoms with E-state index in [1.807, 2.05) is 19.2 Å². The van der Waals surface area contributed by atoms with Crippen LogP contribution in [0.3, 0.4) is 0 Å². The van der Waals surface area contributed by atoms with Crippen molar-refractivity contribution < 1.29 is 4.79 Å². The molecule has 3 nitrogen and oxygen atoms in total. The Labute approximate surface area is 116 Å². The van der Waals surface area contributed by atoms with Crippen LogP contribution in [0, 0.1) is 5.92 Å². The zero-order valence-electron chi connectivity index (χ0n) is 12.1. The van der Waals surface area contributed by atoms with Crippen LogP contribution >= 0.6 is 0 Å². The molecule has 0 bridgehead atoms. The largest absolute Gasteiger partial charge is 0.315 e. The summed E-state index contributed by atoms with van der Waals surface area (Å²) in [6.45, 7) is 5.27. The minimum absolute atomic E-state index is 0.101. The fourth-order valence-electron chi connectivity index (χ4n) is 2.71. The molecule has 0 aromatic heterocycles. The Hall–Kier alpha value is -1.35. The number of hydrogen-bond acceptors (Lipinski definition) is 2. The molecule has 1 fully saturated rings. The molecule has 1 aliphatic rings. The molecule has 2 atom stereocenters. The lowest BCUT2D eigenvalue weighted by Gasteiger charge is -2.32. The molecule has 2 unspecified atom stereocenters. The topological polar surface area (TPSA) is 32.3 Å². The number of benzene rings is 1. The molecule has 0 saturated carbocycles. The van der Waals surface area contributed by atoms with E-state index in [9.17, 15) is 4.79 Å². The minimum atomic E-state index is 0.101. The number of carbonyl (C=O) groups is 1. The Morgan fingerprint density at radius 2 is 2.05 bits per heavy atom. The number of aryl methyl sites for hydroxylation is 1. The SMILES string of the molecule is CCc1ccc(N(C)C(=O)C2CCCNC2C)cc1. The third-order valence-corrected chi connectivity index (χ3v) is 4.14. The summed E-state index contributed by atoms with van der Waals surface area (Å²) in [5.41, 5.74) is 2.29. The second-order valence-corrected chi connectivity index (χ2v) is 5.41. The maximum absolute atomic E-state index is 12.5. The molecule has 0 aliphatic carbocycles. The zero-order valence-corrected chi connectivity index (χ0v) is 12.1. The molecular weight excluding hydrogens is 236 g/mol. The molecule has 1 N–H and O–H groups in total. The normalized spacial score (nSPS) is 23.1. The molecule has 1 saturated heterocycles. The van der Waals surface area contributed by atoms with Gasteiger partial charge in [0.05, 0.1) is 5.92 Å². The van der Waals surface area contributed by atoms with E-state index in [0.29, 0.717) is 0 Å². The average Bonchev–Trinajstić information content (AvgIpc) is 2.46. The summed E-state index contributed by atoms with van der Waals surface area (Å²) in [5, 5.41) is 3.39. The lowest BCUT2D eigenvalue weighted by molar-refractivity contribution is -0.123. The van der Waals surface area contributed by atoms with Gasteiger partial charge in [0, 0.05) is 18.8 Å². The monoisotopic (exact) mass is 260 g/mol. The highest BCUT2D eigenvalue weighted by Gasteiger charge is 2.30. The van der Waals surface area contributed by atoms with E-state index in [1.165, 1.54) is 5.56 Å². The van der Waals surface area contributed by atoms with Gasteiger partial charge in [0.15, 0.2) is 0 Å². The number of hydrogen-bond donors (Lipinski definition) is 1. The molecule has 1 aromatic rings. The van der Waals surface area contributed by atoms with E-state index >= 15 is 0 Å². The first-order valence-corrected chi connectivity index (χ1v) is 7.23. The van der Waals surface area contributed by atoms with Gasteiger partial charge >= 0.3 is 0 Å². The highest BCUT2D eigenvalue weighted by atomic mass is 16.2. The molecule has 0 radical (unpaired) electrons. The van der Waals surface area contributed by atoms with Crippen LogP contribution in [-0.2, 0) is 11.2 Å². The van der Waals surface area contributed by atoms with Gasteiger partial charge in [0.2, 0.25) is 5.91 Å². The highest BCUT2D eigenvalue weighted by molar-refractivity contribution is 5.95. The van der Waals surface area contributed by atoms with Gasteiger partial charge in [-0.05, 0) is 50.4 Å². The third kappa shape index (κ3) is 3.16. The standard InChI is InChI=1S/C16H24N2O/c1-4-13-7-9-14(10-8-13)18(3)16(19)15-6-5-11-17-12(15)2/h7-10,12,15,17H,4-6,11H2,1-3H3. The Kier molecular flexibility index (Phi) is 4.59. The summed E-state index contributed by atoms with van der Waals surface area (Å²) in [5.74, 6) is 0.327. The van der Waals surface area contributed by atoms with Crippen LogP contribution in [0.2, 0.25) is 0 Å². The second kappa shape index (κ2) is 6.20. The Balaban J connectivity index is 2.08. The molecule has 2 rings (SSSR count). The van der Waals surface area contributed by atoms with Gasteiger partial charge in [-0.2, -0.15) is 0 Å². The van der Waals surface area contributed by atoms with Crippen LogP contribution < -0.4 is 10.2 Å². The third-order valence-electron chi connectivity index (χ3n) is 4.14. The summed E-state index contributed by atoms with van der Waals surface area (Å²) >= 11 is 0. The molecule has 19 heavy (non-hydrogen) atoms. The van der Waals surface area contributed by atoms with Gasteiger partial charge in [-0.3, -0.25) is 4.79 Å². The molecule has 0 spiro atoms. The molecule has 1 heterocycles. The number of carbonyl (C=O) groups excluding carboxylic acids is 1. The van der Waals surface area contributed by atoms with E-state index < -0.39 is 0 Å². The van der Waals surface area contributed by atoms with E-state index in [4.69, 9.17) is 0 Å². The van der Waals surface area contributed by atoms with Crippen LogP contribution in [0.25, 0.3) is 0 Å². The number of nitrogens with zero attached hydrogens (tertiary/aromatic N) is 1. The first kappa shape index (κ1) is 14.1. The van der Waals surface area contributed by atoms with Gasteiger partial charge in [-0.25, -0.2) is 0 Å². The number of anilines is 1. The lowest BCUT2D eigenvalue weighted by atomic mass is 9.90. The van der Waals surface area contributed by atoms with Crippen molar-refractivity contribution in [2.24, 2.45) is 5.92 Å². The first-order chi connectivity index (χ1) is 9.13. The number of rotatable bonds is 3. The Morgan fingerprint density at radius 1 is 1.37 bits per heavy atom. The molecule has 3 heteroatoms. The van der Waals surface area contributed by atoms with Crippen LogP contribution in [-0.4, -0.2) is 25.5 Å². The smallest absolute Gasteiger partial charge is 0.231 e. The lowest BCUT2D eigenvalue weighted by Crippen LogP contribution is -2.47. The van der Waals surface area contributed by atoms with E-state index in [2.05, 4.69) is 31.3 Å². The van der Waals surface area contributed by atoms with Gasteiger partial charge in [-0.1, -0.05) is 19.1 Å². The quantitative estimate of drug-likeness (QED) is 0.906. The van der Waals surface area contributed by atoms with Crippen LogP contribution in [0.1, 0.15) is 32.3 Å². The van der Waals surface area contributed by atoms with Crippen LogP contribution in [0.4, 0.5) is 5.69 Å². The summed E-state index contributed by atoms with van der Waals surface area (Å²) in [6, 6.07) is 8.55. The summed E-state index contributed by atoms with van der Waals surface area (Å²) in [7, 11) is 1.88. The fourth-order valence-corrected chi connectivity index (χ4v) is 2.71. The number of piperidine rings is 1. The maximum Gasteiger partial charge on any atom is 0.231 e. The predicted octanol–water partition coefficient (Wildman–Crippen LogP) is 2.60. The van der Waals surface area contributed by atoms with E-state index in [1.54, 1.807) is 4.90 Å². The second-order valence-electron chi connectivity index (χ2n) is 5.41. The van der Waals surface area contributed by atoms with Crippen molar-refractivity contribution in [3.63, 3.8) is 0 Å². The Bertz CT molecular complexity index is 427. The van der Waals surface area contributed by atoms with Crippen molar-refractivity contribution in [2.75, 3.05) is 18.5 Å². The van der Waals surface area contributed by atoms with Gasteiger partial charge in [0.1, 0.15) is 0 Å². The average molecular weight is 260 g/mol. The van der Waals surface area contributed by atoms with Gasteiger partial charge in [-0.15, -0.1) is 0 Å². The van der Waals surface area contributed by atoms with Crippen molar-refractivity contribution >= 4 is 11.6 Å². The number of amides is 1. The van der Waals surface area contributed by atoms with Crippen LogP contribution in [0.15, 0.2) is 24.3 Å². The number of nitrogens with one attached hydrogen (secondary N) is 1. The molecule has 1 aromatic carbocycles. The first-order valence-electron chi connectivity index (χ1n) is 7.23. The fraction of sp³-hybridized carbons (Fsp3) is 0.562. The van der Waals surface area contributed by atoms with Crippen molar-refractivity contribution in [1.82, 2.24) is 5.32 Å². The highest BCUT2D eigenvalue weighted by Crippen LogP contribution is 2.22. The zero-order chi connectivity index (χ0) is 13.8. The van der Waals surface area contributed by atoms with Gasteiger partial charge < -0.3 is 10.2 Å². The molecule has 1 aliphatic heterocycles. The molecular formula is C16H24N2O. The van der Waals surface area contributed by atoms with E-state index in [-0.39, 0.29) is 17.9 Å². The summed E-state index contributed by atoms with van der Waals surface area (Å²) in [4.78, 5) is 14.3. The maximum atomic E-state index is 12.5. The van der Waals surface area contributed by atoms with Crippen molar-refractivity contribution in [1.29, 1.82) is 0 Å². The van der Waals surface area contributed by atoms with Crippen molar-refractivity contribution in [3.8, 4) is 0 Å². The van der Waals surface area contributed by atoms with Crippen molar-refractivity contribution in [3.05, 3.63) is 29.8 Å². The van der Waals surface area contributed by atoms with Gasteiger partial charge in [0.25, 0.3) is 0 Å². The van der Waals surface area contributed by atoms with Crippen LogP contribution in [0.5, 0.6) is 0 Å². The summed E-state index contributed by atoms with van der Waals surface area (Å²) in [6.07, 6.45) is 3.11. The molecule has 104 valence electrons. The predicted molar refractivity (Wildman–Crippen MR) is 79.4 cm³/mol. The molecule has 1 amide bonds. The van der Waals surface area contributed by atoms with Crippen molar-refractivity contribution in [2.45, 2.75) is 39.2 Å². The Morgan fingerprint density at radius 3 is 2.63 bits per heavy atom. The summed E-state index contributed by atoms with van der Waals surface area (Å²) < 4.78 is 0. The minimum Gasteiger partial charge on any atom is -0.315 e. The van der Waals surface area contributed by atoms with E-state index in [0.717, 1.165) is 31.5 Å².